The normalized spacial score (nSPS) is 10.4. The van der Waals surface area contributed by atoms with E-state index in [2.05, 4.69) is 0 Å². The van der Waals surface area contributed by atoms with Gasteiger partial charge in [-0.2, -0.15) is 5.26 Å². The molecule has 0 spiro atoms. The Morgan fingerprint density at radius 1 is 1.50 bits per heavy atom. The molecule has 0 fully saturated rings. The third-order valence-corrected chi connectivity index (χ3v) is 3.19. The van der Waals surface area contributed by atoms with E-state index in [1.165, 1.54) is 6.07 Å². The molecule has 2 nitrogen and oxygen atoms in total. The maximum absolute atomic E-state index is 13.3. The molecule has 0 aliphatic carbocycles. The predicted octanol–water partition coefficient (Wildman–Crippen LogP) is 2.40. The third kappa shape index (κ3) is 1.18. The molecule has 14 heavy (non-hydrogen) atoms. The summed E-state index contributed by atoms with van der Waals surface area (Å²) in [5, 5.41) is 18.4. The van der Waals surface area contributed by atoms with Crippen LogP contribution in [0.4, 0.5) is 4.39 Å². The SMILES string of the molecule is N#Cc1c(CO)sc2c(F)cccc12. The molecule has 2 rings (SSSR count). The van der Waals surface area contributed by atoms with Gasteiger partial charge >= 0.3 is 0 Å². The van der Waals surface area contributed by atoms with Gasteiger partial charge in [-0.3, -0.25) is 0 Å². The molecule has 0 aliphatic heterocycles. The van der Waals surface area contributed by atoms with E-state index in [9.17, 15) is 4.39 Å². The van der Waals surface area contributed by atoms with Gasteiger partial charge in [-0.15, -0.1) is 11.3 Å². The van der Waals surface area contributed by atoms with Crippen LogP contribution in [-0.2, 0) is 6.61 Å². The number of hydrogen-bond donors (Lipinski definition) is 1. The number of aliphatic hydroxyl groups is 1. The summed E-state index contributed by atoms with van der Waals surface area (Å²) in [6, 6.07) is 6.58. The molecule has 1 aromatic carbocycles. The van der Waals surface area contributed by atoms with Crippen molar-refractivity contribution < 1.29 is 9.50 Å². The van der Waals surface area contributed by atoms with Crippen LogP contribution < -0.4 is 0 Å². The second-order valence-electron chi connectivity index (χ2n) is 2.79. The minimum absolute atomic E-state index is 0.221. The Hall–Kier alpha value is -1.44. The van der Waals surface area contributed by atoms with Crippen LogP contribution in [-0.4, -0.2) is 5.11 Å². The fourth-order valence-corrected chi connectivity index (χ4v) is 2.38. The van der Waals surface area contributed by atoms with Crippen molar-refractivity contribution in [3.05, 3.63) is 34.5 Å². The van der Waals surface area contributed by atoms with Crippen LogP contribution in [0.25, 0.3) is 10.1 Å². The van der Waals surface area contributed by atoms with Gasteiger partial charge in [0.2, 0.25) is 0 Å². The summed E-state index contributed by atoms with van der Waals surface area (Å²) in [4.78, 5) is 0.521. The number of aliphatic hydroxyl groups excluding tert-OH is 1. The number of hydrogen-bond acceptors (Lipinski definition) is 3. The lowest BCUT2D eigenvalue weighted by Crippen LogP contribution is -1.80. The highest BCUT2D eigenvalue weighted by molar-refractivity contribution is 7.19. The molecule has 0 atom stereocenters. The first-order valence-electron chi connectivity index (χ1n) is 3.98. The van der Waals surface area contributed by atoms with Crippen LogP contribution in [0.1, 0.15) is 10.4 Å². The summed E-state index contributed by atoms with van der Waals surface area (Å²) in [7, 11) is 0. The monoisotopic (exact) mass is 207 g/mol. The van der Waals surface area contributed by atoms with Crippen molar-refractivity contribution in [2.75, 3.05) is 0 Å². The molecule has 0 radical (unpaired) electrons. The summed E-state index contributed by atoms with van der Waals surface area (Å²) < 4.78 is 13.7. The van der Waals surface area contributed by atoms with Gasteiger partial charge in [0.1, 0.15) is 11.9 Å². The zero-order chi connectivity index (χ0) is 10.1. The summed E-state index contributed by atoms with van der Waals surface area (Å²) >= 11 is 1.13. The average molecular weight is 207 g/mol. The van der Waals surface area contributed by atoms with Crippen molar-refractivity contribution >= 4 is 21.4 Å². The van der Waals surface area contributed by atoms with E-state index >= 15 is 0 Å². The van der Waals surface area contributed by atoms with Gasteiger partial charge in [0, 0.05) is 10.3 Å². The fourth-order valence-electron chi connectivity index (χ4n) is 1.37. The smallest absolute Gasteiger partial charge is 0.141 e. The molecule has 0 aliphatic rings. The molecule has 1 N–H and O–H groups in total. The van der Waals surface area contributed by atoms with Crippen molar-refractivity contribution in [2.45, 2.75) is 6.61 Å². The van der Waals surface area contributed by atoms with E-state index in [4.69, 9.17) is 10.4 Å². The highest BCUT2D eigenvalue weighted by atomic mass is 32.1. The Morgan fingerprint density at radius 2 is 2.29 bits per heavy atom. The standard InChI is InChI=1S/C10H6FNOS/c11-8-3-1-2-6-7(4-12)9(5-13)14-10(6)8/h1-3,13H,5H2. The average Bonchev–Trinajstić information content (AvgIpc) is 2.57. The molecule has 1 heterocycles. The second kappa shape index (κ2) is 3.37. The van der Waals surface area contributed by atoms with Gasteiger partial charge < -0.3 is 5.11 Å². The summed E-state index contributed by atoms with van der Waals surface area (Å²) in [5.41, 5.74) is 0.381. The molecule has 1 aromatic heterocycles. The topological polar surface area (TPSA) is 44.0 Å². The minimum Gasteiger partial charge on any atom is -0.391 e. The van der Waals surface area contributed by atoms with Crippen molar-refractivity contribution in [1.82, 2.24) is 0 Å². The lowest BCUT2D eigenvalue weighted by atomic mass is 10.1. The molecule has 4 heteroatoms. The van der Waals surface area contributed by atoms with Crippen molar-refractivity contribution in [3.8, 4) is 6.07 Å². The molecule has 0 saturated carbocycles. The number of benzene rings is 1. The van der Waals surface area contributed by atoms with Crippen molar-refractivity contribution in [1.29, 1.82) is 5.26 Å². The number of nitrogens with zero attached hydrogens (tertiary/aromatic N) is 1. The van der Waals surface area contributed by atoms with Crippen LogP contribution in [0.3, 0.4) is 0 Å². The van der Waals surface area contributed by atoms with E-state index in [1.807, 2.05) is 6.07 Å². The zero-order valence-electron chi connectivity index (χ0n) is 7.12. The van der Waals surface area contributed by atoms with Crippen LogP contribution in [0, 0.1) is 17.1 Å². The highest BCUT2D eigenvalue weighted by Gasteiger charge is 2.13. The van der Waals surface area contributed by atoms with E-state index in [-0.39, 0.29) is 12.4 Å². The van der Waals surface area contributed by atoms with Gasteiger partial charge in [0.05, 0.1) is 16.9 Å². The van der Waals surface area contributed by atoms with Gasteiger partial charge in [0.25, 0.3) is 0 Å². The Labute approximate surface area is 83.8 Å². The van der Waals surface area contributed by atoms with E-state index in [0.717, 1.165) is 11.3 Å². The highest BCUT2D eigenvalue weighted by Crippen LogP contribution is 2.32. The summed E-state index contributed by atoms with van der Waals surface area (Å²) in [6.07, 6.45) is 0. The minimum atomic E-state index is -0.344. The summed E-state index contributed by atoms with van der Waals surface area (Å²) in [5.74, 6) is -0.344. The van der Waals surface area contributed by atoms with Crippen molar-refractivity contribution in [2.24, 2.45) is 0 Å². The molecule has 0 unspecified atom stereocenters. The fraction of sp³-hybridized carbons (Fsp3) is 0.100. The van der Waals surface area contributed by atoms with Crippen LogP contribution in [0.5, 0.6) is 0 Å². The first-order valence-corrected chi connectivity index (χ1v) is 4.80. The van der Waals surface area contributed by atoms with Crippen LogP contribution >= 0.6 is 11.3 Å². The molecular weight excluding hydrogens is 201 g/mol. The first kappa shape index (κ1) is 9.13. The molecule has 0 bridgehead atoms. The van der Waals surface area contributed by atoms with Crippen LogP contribution in [0.2, 0.25) is 0 Å². The molecule has 70 valence electrons. The Kier molecular flexibility index (Phi) is 2.20. The number of thiophene rings is 1. The number of fused-ring (bicyclic) bond motifs is 1. The van der Waals surface area contributed by atoms with E-state index in [1.54, 1.807) is 12.1 Å². The van der Waals surface area contributed by atoms with Gasteiger partial charge in [-0.05, 0) is 6.07 Å². The van der Waals surface area contributed by atoms with E-state index in [0.29, 0.717) is 20.5 Å². The zero-order valence-corrected chi connectivity index (χ0v) is 7.94. The Bertz CT molecular complexity index is 527. The largest absolute Gasteiger partial charge is 0.391 e. The lowest BCUT2D eigenvalue weighted by molar-refractivity contribution is 0.285. The summed E-state index contributed by atoms with van der Waals surface area (Å²) in [6.45, 7) is -0.221. The quantitative estimate of drug-likeness (QED) is 0.780. The molecular formula is C10H6FNOS. The van der Waals surface area contributed by atoms with Gasteiger partial charge in [-0.25, -0.2) is 4.39 Å². The molecule has 0 saturated heterocycles. The third-order valence-electron chi connectivity index (χ3n) is 2.00. The number of nitriles is 1. The van der Waals surface area contributed by atoms with Crippen LogP contribution in [0.15, 0.2) is 18.2 Å². The Morgan fingerprint density at radius 3 is 2.93 bits per heavy atom. The lowest BCUT2D eigenvalue weighted by Gasteiger charge is -1.90. The maximum Gasteiger partial charge on any atom is 0.141 e. The number of rotatable bonds is 1. The number of halogens is 1. The maximum atomic E-state index is 13.3. The molecule has 0 amide bonds. The first-order chi connectivity index (χ1) is 6.77. The van der Waals surface area contributed by atoms with Gasteiger partial charge in [-0.1, -0.05) is 12.1 Å². The Balaban J connectivity index is 2.88. The van der Waals surface area contributed by atoms with E-state index < -0.39 is 0 Å². The molecule has 2 aromatic rings. The second-order valence-corrected chi connectivity index (χ2v) is 3.89. The predicted molar refractivity (Wildman–Crippen MR) is 52.4 cm³/mol. The van der Waals surface area contributed by atoms with Crippen molar-refractivity contribution in [3.63, 3.8) is 0 Å². The van der Waals surface area contributed by atoms with Gasteiger partial charge in [0.15, 0.2) is 0 Å².